The van der Waals surface area contributed by atoms with E-state index in [-0.39, 0.29) is 24.4 Å². The van der Waals surface area contributed by atoms with Gasteiger partial charge in [-0.15, -0.1) is 0 Å². The minimum absolute atomic E-state index is 0.0460. The Bertz CT molecular complexity index is 572. The summed E-state index contributed by atoms with van der Waals surface area (Å²) in [6.07, 6.45) is 1.26. The summed E-state index contributed by atoms with van der Waals surface area (Å²) >= 11 is 11.8. The number of nitrogens with two attached hydrogens (primary N) is 1. The second kappa shape index (κ2) is 6.70. The van der Waals surface area contributed by atoms with Crippen LogP contribution in [0.15, 0.2) is 18.2 Å². The molecule has 0 amide bonds. The molecule has 7 heteroatoms. The van der Waals surface area contributed by atoms with Crippen LogP contribution in [0, 0.1) is 0 Å². The van der Waals surface area contributed by atoms with Crippen LogP contribution in [-0.2, 0) is 21.1 Å². The van der Waals surface area contributed by atoms with Gasteiger partial charge < -0.3 is 5.73 Å². The van der Waals surface area contributed by atoms with Crippen LogP contribution in [0.3, 0.4) is 0 Å². The highest BCUT2D eigenvalue weighted by Crippen LogP contribution is 2.26. The van der Waals surface area contributed by atoms with Gasteiger partial charge in [0.25, 0.3) is 0 Å². The van der Waals surface area contributed by atoms with Crippen molar-refractivity contribution >= 4 is 38.8 Å². The Kier molecular flexibility index (Phi) is 5.80. The fraction of sp³-hybridized carbons (Fsp3) is 0.417. The Balaban J connectivity index is 2.67. The standard InChI is InChI=1S/C12H15Cl2NO3S/c1-19(17,18)6-5-10(15)11(16)7-8-3-2-4-9(13)12(8)14/h2-4,10H,5-7,15H2,1H3. The Morgan fingerprint density at radius 1 is 1.37 bits per heavy atom. The monoisotopic (exact) mass is 323 g/mol. The van der Waals surface area contributed by atoms with E-state index in [2.05, 4.69) is 0 Å². The number of sulfone groups is 1. The van der Waals surface area contributed by atoms with Crippen LogP contribution in [0.2, 0.25) is 10.0 Å². The fourth-order valence-corrected chi connectivity index (χ4v) is 2.57. The molecule has 2 N–H and O–H groups in total. The first-order valence-electron chi connectivity index (χ1n) is 5.59. The van der Waals surface area contributed by atoms with E-state index in [9.17, 15) is 13.2 Å². The van der Waals surface area contributed by atoms with Crippen LogP contribution < -0.4 is 5.73 Å². The van der Waals surface area contributed by atoms with E-state index in [1.54, 1.807) is 18.2 Å². The molecule has 1 rings (SSSR count). The van der Waals surface area contributed by atoms with Crippen molar-refractivity contribution < 1.29 is 13.2 Å². The summed E-state index contributed by atoms with van der Waals surface area (Å²) in [4.78, 5) is 11.9. The van der Waals surface area contributed by atoms with Gasteiger partial charge in [0.2, 0.25) is 0 Å². The van der Waals surface area contributed by atoms with E-state index in [0.29, 0.717) is 15.6 Å². The topological polar surface area (TPSA) is 77.2 Å². The molecule has 4 nitrogen and oxygen atoms in total. The fourth-order valence-electron chi connectivity index (χ4n) is 1.51. The van der Waals surface area contributed by atoms with Crippen LogP contribution in [0.4, 0.5) is 0 Å². The molecule has 0 radical (unpaired) electrons. The van der Waals surface area contributed by atoms with Crippen molar-refractivity contribution in [2.45, 2.75) is 18.9 Å². The molecule has 0 aliphatic carbocycles. The molecule has 1 atom stereocenters. The Hall–Kier alpha value is -0.620. The zero-order valence-corrected chi connectivity index (χ0v) is 12.7. The molecule has 0 bridgehead atoms. The summed E-state index contributed by atoms with van der Waals surface area (Å²) in [6, 6.07) is 4.19. The van der Waals surface area contributed by atoms with Crippen LogP contribution in [-0.4, -0.2) is 32.3 Å². The van der Waals surface area contributed by atoms with E-state index in [1.807, 2.05) is 0 Å². The first kappa shape index (κ1) is 16.4. The van der Waals surface area contributed by atoms with Crippen molar-refractivity contribution in [1.82, 2.24) is 0 Å². The lowest BCUT2D eigenvalue weighted by atomic mass is 10.0. The van der Waals surface area contributed by atoms with E-state index in [0.717, 1.165) is 6.26 Å². The van der Waals surface area contributed by atoms with Crippen molar-refractivity contribution in [3.63, 3.8) is 0 Å². The number of carbonyl (C=O) groups excluding carboxylic acids is 1. The summed E-state index contributed by atoms with van der Waals surface area (Å²) < 4.78 is 22.0. The minimum Gasteiger partial charge on any atom is -0.321 e. The molecule has 1 unspecified atom stereocenters. The lowest BCUT2D eigenvalue weighted by Crippen LogP contribution is -2.33. The predicted molar refractivity (Wildman–Crippen MR) is 77.5 cm³/mol. The summed E-state index contributed by atoms with van der Waals surface area (Å²) in [7, 11) is -3.12. The molecule has 0 heterocycles. The maximum atomic E-state index is 11.9. The van der Waals surface area contributed by atoms with Gasteiger partial charge in [-0.05, 0) is 18.1 Å². The molecule has 0 aromatic heterocycles. The van der Waals surface area contributed by atoms with Crippen molar-refractivity contribution in [2.75, 3.05) is 12.0 Å². The molecular weight excluding hydrogens is 309 g/mol. The number of benzene rings is 1. The van der Waals surface area contributed by atoms with Crippen molar-refractivity contribution in [1.29, 1.82) is 0 Å². The highest BCUT2D eigenvalue weighted by molar-refractivity contribution is 7.90. The SMILES string of the molecule is CS(=O)(=O)CCC(N)C(=O)Cc1cccc(Cl)c1Cl. The maximum absolute atomic E-state index is 11.9. The number of hydrogen-bond acceptors (Lipinski definition) is 4. The molecular formula is C12H15Cl2NO3S. The first-order valence-corrected chi connectivity index (χ1v) is 8.41. The summed E-state index contributed by atoms with van der Waals surface area (Å²) in [5.41, 5.74) is 6.26. The van der Waals surface area contributed by atoms with Gasteiger partial charge in [0.1, 0.15) is 9.84 Å². The van der Waals surface area contributed by atoms with Gasteiger partial charge in [0.05, 0.1) is 21.8 Å². The van der Waals surface area contributed by atoms with Gasteiger partial charge in [-0.2, -0.15) is 0 Å². The highest BCUT2D eigenvalue weighted by Gasteiger charge is 2.18. The summed E-state index contributed by atoms with van der Waals surface area (Å²) in [6.45, 7) is 0. The Labute approximate surface area is 122 Å². The minimum atomic E-state index is -3.12. The third-order valence-corrected chi connectivity index (χ3v) is 4.44. The average Bonchev–Trinajstić information content (AvgIpc) is 2.31. The van der Waals surface area contributed by atoms with Crippen molar-refractivity contribution in [2.24, 2.45) is 5.73 Å². The summed E-state index contributed by atoms with van der Waals surface area (Å²) in [5.74, 6) is -0.365. The molecule has 0 saturated heterocycles. The van der Waals surface area contributed by atoms with Crippen LogP contribution in [0.1, 0.15) is 12.0 Å². The summed E-state index contributed by atoms with van der Waals surface area (Å²) in [5, 5.41) is 0.699. The number of ketones is 1. The van der Waals surface area contributed by atoms with E-state index >= 15 is 0 Å². The highest BCUT2D eigenvalue weighted by atomic mass is 35.5. The number of carbonyl (C=O) groups is 1. The molecule has 106 valence electrons. The average molecular weight is 324 g/mol. The second-order valence-corrected chi connectivity index (χ2v) is 7.43. The molecule has 0 aliphatic heterocycles. The van der Waals surface area contributed by atoms with Crippen molar-refractivity contribution in [3.05, 3.63) is 33.8 Å². The second-order valence-electron chi connectivity index (χ2n) is 4.38. The number of halogens is 2. The molecule has 0 fully saturated rings. The molecule has 1 aromatic carbocycles. The Morgan fingerprint density at radius 2 is 2.00 bits per heavy atom. The molecule has 0 aliphatic rings. The maximum Gasteiger partial charge on any atom is 0.153 e. The zero-order valence-electron chi connectivity index (χ0n) is 10.4. The van der Waals surface area contributed by atoms with Crippen LogP contribution in [0.5, 0.6) is 0 Å². The van der Waals surface area contributed by atoms with Gasteiger partial charge in [-0.3, -0.25) is 4.79 Å². The number of hydrogen-bond donors (Lipinski definition) is 1. The Morgan fingerprint density at radius 3 is 2.58 bits per heavy atom. The number of rotatable bonds is 6. The molecule has 19 heavy (non-hydrogen) atoms. The largest absolute Gasteiger partial charge is 0.321 e. The van der Waals surface area contributed by atoms with Gasteiger partial charge >= 0.3 is 0 Å². The molecule has 1 aromatic rings. The van der Waals surface area contributed by atoms with E-state index in [1.165, 1.54) is 0 Å². The molecule has 0 saturated carbocycles. The van der Waals surface area contributed by atoms with Crippen LogP contribution in [0.25, 0.3) is 0 Å². The van der Waals surface area contributed by atoms with Crippen LogP contribution >= 0.6 is 23.2 Å². The smallest absolute Gasteiger partial charge is 0.153 e. The van der Waals surface area contributed by atoms with Crippen molar-refractivity contribution in [3.8, 4) is 0 Å². The normalized spacial score (nSPS) is 13.3. The third kappa shape index (κ3) is 5.48. The lowest BCUT2D eigenvalue weighted by Gasteiger charge is -2.11. The van der Waals surface area contributed by atoms with Gasteiger partial charge in [-0.25, -0.2) is 8.42 Å². The van der Waals surface area contributed by atoms with Gasteiger partial charge in [0, 0.05) is 12.7 Å². The number of Topliss-reactive ketones (excluding diaryl/α,β-unsaturated/α-hetero) is 1. The van der Waals surface area contributed by atoms with Gasteiger partial charge in [-0.1, -0.05) is 35.3 Å². The quantitative estimate of drug-likeness (QED) is 0.866. The zero-order chi connectivity index (χ0) is 14.6. The van der Waals surface area contributed by atoms with Gasteiger partial charge in [0.15, 0.2) is 5.78 Å². The van der Waals surface area contributed by atoms with E-state index < -0.39 is 15.9 Å². The van der Waals surface area contributed by atoms with E-state index in [4.69, 9.17) is 28.9 Å². The first-order chi connectivity index (χ1) is 8.70. The predicted octanol–water partition coefficient (Wildman–Crippen LogP) is 1.87. The molecule has 0 spiro atoms. The lowest BCUT2D eigenvalue weighted by molar-refractivity contribution is -0.119. The third-order valence-electron chi connectivity index (χ3n) is 2.61.